The standard InChI is InChI=1S/C18H33N3O3/c1-6-7-15(21(5)17(23)24-18(2,3)4)16(22)20-14-9-8-12-10-19-11-13(12)14/h12-15,19H,6-11H2,1-5H3,(H,20,22)/t12-,13+,14+,15?/m1/s1. The molecule has 2 aliphatic rings. The minimum atomic E-state index is -0.563. The Labute approximate surface area is 145 Å². The Bertz CT molecular complexity index is 461. The van der Waals surface area contributed by atoms with Crippen molar-refractivity contribution >= 4 is 12.0 Å². The molecule has 4 atom stereocenters. The van der Waals surface area contributed by atoms with Crippen LogP contribution in [0.5, 0.6) is 0 Å². The Hall–Kier alpha value is -1.30. The van der Waals surface area contributed by atoms with Crippen molar-refractivity contribution in [1.82, 2.24) is 15.5 Å². The average molecular weight is 339 g/mol. The molecule has 1 saturated heterocycles. The molecule has 0 bridgehead atoms. The van der Waals surface area contributed by atoms with Crippen LogP contribution in [0.3, 0.4) is 0 Å². The molecule has 6 heteroatoms. The molecule has 2 rings (SSSR count). The van der Waals surface area contributed by atoms with Crippen LogP contribution in [0.2, 0.25) is 0 Å². The second kappa shape index (κ2) is 7.72. The summed E-state index contributed by atoms with van der Waals surface area (Å²) < 4.78 is 5.41. The molecule has 2 fully saturated rings. The van der Waals surface area contributed by atoms with Gasteiger partial charge in [-0.25, -0.2) is 4.79 Å². The van der Waals surface area contributed by atoms with Gasteiger partial charge in [-0.2, -0.15) is 0 Å². The zero-order valence-corrected chi connectivity index (χ0v) is 15.7. The summed E-state index contributed by atoms with van der Waals surface area (Å²) in [5, 5.41) is 6.62. The van der Waals surface area contributed by atoms with Crippen molar-refractivity contribution in [3.8, 4) is 0 Å². The molecule has 0 aromatic rings. The van der Waals surface area contributed by atoms with Gasteiger partial charge in [0.2, 0.25) is 5.91 Å². The van der Waals surface area contributed by atoms with E-state index in [1.54, 1.807) is 7.05 Å². The van der Waals surface area contributed by atoms with E-state index in [1.807, 2.05) is 27.7 Å². The summed E-state index contributed by atoms with van der Waals surface area (Å²) in [6.45, 7) is 9.57. The lowest BCUT2D eigenvalue weighted by molar-refractivity contribution is -0.127. The van der Waals surface area contributed by atoms with E-state index in [2.05, 4.69) is 10.6 Å². The van der Waals surface area contributed by atoms with Crippen LogP contribution in [0.4, 0.5) is 4.79 Å². The SMILES string of the molecule is CCCC(C(=O)N[C@H]1CC[C@@H]2CNC[C@@H]21)N(C)C(=O)OC(C)(C)C. The maximum atomic E-state index is 12.8. The van der Waals surface area contributed by atoms with Crippen LogP contribution in [0, 0.1) is 11.8 Å². The molecule has 0 radical (unpaired) electrons. The van der Waals surface area contributed by atoms with E-state index >= 15 is 0 Å². The third kappa shape index (κ3) is 4.62. The second-order valence-electron chi connectivity index (χ2n) is 8.17. The van der Waals surface area contributed by atoms with Crippen LogP contribution >= 0.6 is 0 Å². The van der Waals surface area contributed by atoms with Gasteiger partial charge in [-0.1, -0.05) is 13.3 Å². The van der Waals surface area contributed by atoms with Crippen LogP contribution < -0.4 is 10.6 Å². The lowest BCUT2D eigenvalue weighted by atomic mass is 9.97. The van der Waals surface area contributed by atoms with Gasteiger partial charge in [0.1, 0.15) is 11.6 Å². The van der Waals surface area contributed by atoms with E-state index in [9.17, 15) is 9.59 Å². The quantitative estimate of drug-likeness (QED) is 0.805. The molecule has 1 unspecified atom stereocenters. The third-order valence-corrected chi connectivity index (χ3v) is 5.10. The third-order valence-electron chi connectivity index (χ3n) is 5.10. The fraction of sp³-hybridized carbons (Fsp3) is 0.889. The molecule has 138 valence electrons. The highest BCUT2D eigenvalue weighted by Gasteiger charge is 2.41. The van der Waals surface area contributed by atoms with Gasteiger partial charge in [-0.05, 0) is 58.4 Å². The van der Waals surface area contributed by atoms with Crippen molar-refractivity contribution in [2.75, 3.05) is 20.1 Å². The molecular weight excluding hydrogens is 306 g/mol. The molecule has 2 N–H and O–H groups in total. The van der Waals surface area contributed by atoms with Crippen molar-refractivity contribution in [2.45, 2.75) is 71.1 Å². The van der Waals surface area contributed by atoms with Crippen LogP contribution in [0.25, 0.3) is 0 Å². The van der Waals surface area contributed by atoms with Crippen LogP contribution in [0.15, 0.2) is 0 Å². The number of ether oxygens (including phenoxy) is 1. The number of carbonyl (C=O) groups is 2. The highest BCUT2D eigenvalue weighted by molar-refractivity contribution is 5.85. The van der Waals surface area contributed by atoms with Gasteiger partial charge < -0.3 is 15.4 Å². The Morgan fingerprint density at radius 1 is 1.29 bits per heavy atom. The number of likely N-dealkylation sites (N-methyl/N-ethyl adjacent to an activating group) is 1. The van der Waals surface area contributed by atoms with E-state index in [4.69, 9.17) is 4.74 Å². The predicted molar refractivity (Wildman–Crippen MR) is 93.7 cm³/mol. The number of amides is 2. The summed E-state index contributed by atoms with van der Waals surface area (Å²) in [7, 11) is 1.66. The van der Waals surface area contributed by atoms with E-state index in [0.717, 1.165) is 25.9 Å². The van der Waals surface area contributed by atoms with E-state index in [1.165, 1.54) is 11.3 Å². The fourth-order valence-corrected chi connectivity index (χ4v) is 3.84. The van der Waals surface area contributed by atoms with E-state index in [0.29, 0.717) is 18.3 Å². The molecule has 0 aromatic carbocycles. The molecule has 1 aliphatic heterocycles. The summed E-state index contributed by atoms with van der Waals surface area (Å²) in [4.78, 5) is 26.6. The van der Waals surface area contributed by atoms with Gasteiger partial charge >= 0.3 is 6.09 Å². The van der Waals surface area contributed by atoms with E-state index < -0.39 is 17.7 Å². The number of hydrogen-bond acceptors (Lipinski definition) is 4. The van der Waals surface area contributed by atoms with Crippen molar-refractivity contribution in [2.24, 2.45) is 11.8 Å². The molecule has 2 amide bonds. The van der Waals surface area contributed by atoms with Gasteiger partial charge in [-0.15, -0.1) is 0 Å². The molecule has 1 saturated carbocycles. The molecule has 1 heterocycles. The number of nitrogens with zero attached hydrogens (tertiary/aromatic N) is 1. The normalized spacial score (nSPS) is 27.5. The zero-order chi connectivity index (χ0) is 17.9. The summed E-state index contributed by atoms with van der Waals surface area (Å²) in [6, 6.07) is -0.248. The first kappa shape index (κ1) is 19.0. The first-order valence-corrected chi connectivity index (χ1v) is 9.19. The second-order valence-corrected chi connectivity index (χ2v) is 8.17. The average Bonchev–Trinajstić information content (AvgIpc) is 3.07. The summed E-state index contributed by atoms with van der Waals surface area (Å²) >= 11 is 0. The molecule has 0 aromatic heterocycles. The van der Waals surface area contributed by atoms with Gasteiger partial charge in [0.05, 0.1) is 0 Å². The summed E-state index contributed by atoms with van der Waals surface area (Å²) in [5.41, 5.74) is -0.563. The van der Waals surface area contributed by atoms with Crippen molar-refractivity contribution in [1.29, 1.82) is 0 Å². The fourth-order valence-electron chi connectivity index (χ4n) is 3.84. The lowest BCUT2D eigenvalue weighted by Crippen LogP contribution is -2.52. The van der Waals surface area contributed by atoms with Crippen molar-refractivity contribution in [3.63, 3.8) is 0 Å². The minimum absolute atomic E-state index is 0.0530. The molecular formula is C18H33N3O3. The molecule has 1 aliphatic carbocycles. The topological polar surface area (TPSA) is 70.7 Å². The number of hydrogen-bond donors (Lipinski definition) is 2. The number of carbonyl (C=O) groups excluding carboxylic acids is 2. The maximum Gasteiger partial charge on any atom is 0.410 e. The highest BCUT2D eigenvalue weighted by Crippen LogP contribution is 2.34. The van der Waals surface area contributed by atoms with Gasteiger partial charge in [0.25, 0.3) is 0 Å². The first-order valence-electron chi connectivity index (χ1n) is 9.19. The van der Waals surface area contributed by atoms with Crippen LogP contribution in [-0.2, 0) is 9.53 Å². The first-order chi connectivity index (χ1) is 11.2. The minimum Gasteiger partial charge on any atom is -0.444 e. The van der Waals surface area contributed by atoms with Crippen molar-refractivity contribution in [3.05, 3.63) is 0 Å². The lowest BCUT2D eigenvalue weighted by Gasteiger charge is -2.31. The Kier molecular flexibility index (Phi) is 6.12. The zero-order valence-electron chi connectivity index (χ0n) is 15.7. The number of rotatable bonds is 5. The van der Waals surface area contributed by atoms with Gasteiger partial charge in [-0.3, -0.25) is 9.69 Å². The largest absolute Gasteiger partial charge is 0.444 e. The predicted octanol–water partition coefficient (Wildman–Crippen LogP) is 2.14. The van der Waals surface area contributed by atoms with Crippen molar-refractivity contribution < 1.29 is 14.3 Å². The van der Waals surface area contributed by atoms with Crippen LogP contribution in [-0.4, -0.2) is 54.7 Å². The van der Waals surface area contributed by atoms with E-state index in [-0.39, 0.29) is 11.9 Å². The molecule has 0 spiro atoms. The Balaban J connectivity index is 1.98. The molecule has 6 nitrogen and oxygen atoms in total. The maximum absolute atomic E-state index is 12.8. The van der Waals surface area contributed by atoms with Gasteiger partial charge in [0.15, 0.2) is 0 Å². The van der Waals surface area contributed by atoms with Crippen LogP contribution in [0.1, 0.15) is 53.4 Å². The monoisotopic (exact) mass is 339 g/mol. The summed E-state index contributed by atoms with van der Waals surface area (Å²) in [6.07, 6.45) is 3.24. The highest BCUT2D eigenvalue weighted by atomic mass is 16.6. The Morgan fingerprint density at radius 3 is 2.62 bits per heavy atom. The molecule has 24 heavy (non-hydrogen) atoms. The number of fused-ring (bicyclic) bond motifs is 1. The number of nitrogens with one attached hydrogen (secondary N) is 2. The van der Waals surface area contributed by atoms with Gasteiger partial charge in [0, 0.05) is 19.6 Å². The summed E-state index contributed by atoms with van der Waals surface area (Å²) in [5.74, 6) is 1.16. The Morgan fingerprint density at radius 2 is 2.00 bits per heavy atom. The smallest absolute Gasteiger partial charge is 0.410 e.